The summed E-state index contributed by atoms with van der Waals surface area (Å²) in [5.74, 6) is 2.57. The Hall–Kier alpha value is -3.52. The van der Waals surface area contributed by atoms with Crippen molar-refractivity contribution < 1.29 is 19.1 Å². The van der Waals surface area contributed by atoms with E-state index < -0.39 is 0 Å². The third-order valence-electron chi connectivity index (χ3n) is 6.81. The topological polar surface area (TPSA) is 92.8 Å². The number of methoxy groups -OCH3 is 2. The molecule has 0 radical (unpaired) electrons. The van der Waals surface area contributed by atoms with Crippen LogP contribution in [0.25, 0.3) is 10.9 Å². The van der Waals surface area contributed by atoms with E-state index in [0.29, 0.717) is 39.7 Å². The zero-order valence-electron chi connectivity index (χ0n) is 22.6. The Morgan fingerprint density at radius 3 is 2.29 bits per heavy atom. The van der Waals surface area contributed by atoms with Crippen molar-refractivity contribution in [3.8, 4) is 11.5 Å². The Balaban J connectivity index is 1.37. The summed E-state index contributed by atoms with van der Waals surface area (Å²) >= 11 is 6.17. The maximum Gasteiger partial charge on any atom is 0.224 e. The lowest BCUT2D eigenvalue weighted by atomic mass is 9.92. The van der Waals surface area contributed by atoms with Crippen molar-refractivity contribution in [2.75, 3.05) is 42.8 Å². The van der Waals surface area contributed by atoms with Crippen LogP contribution >= 0.6 is 11.6 Å². The molecule has 2 aromatic carbocycles. The average Bonchev–Trinajstić information content (AvgIpc) is 2.87. The van der Waals surface area contributed by atoms with Crippen LogP contribution in [-0.4, -0.2) is 44.1 Å². The number of fused-ring (bicyclic) bond motifs is 1. The predicted octanol–water partition coefficient (Wildman–Crippen LogP) is 6.05. The third kappa shape index (κ3) is 6.48. The van der Waals surface area contributed by atoms with E-state index in [1.165, 1.54) is 20.6 Å². The van der Waals surface area contributed by atoms with Crippen molar-refractivity contribution in [1.29, 1.82) is 0 Å². The van der Waals surface area contributed by atoms with Crippen LogP contribution in [0.2, 0.25) is 5.02 Å². The number of nitrogens with zero attached hydrogens (tertiary/aromatic N) is 2. The number of pyridine rings is 1. The lowest BCUT2D eigenvalue weighted by Gasteiger charge is -2.36. The molecular weight excluding hydrogens is 504 g/mol. The predicted molar refractivity (Wildman–Crippen MR) is 153 cm³/mol. The summed E-state index contributed by atoms with van der Waals surface area (Å²) in [6.45, 7) is 8.69. The third-order valence-corrected chi connectivity index (χ3v) is 7.10. The Labute approximate surface area is 228 Å². The second-order valence-corrected chi connectivity index (χ2v) is 10.6. The number of nitrogens with one attached hydrogen (secondary N) is 2. The number of aryl methyl sites for hydroxylation is 1. The van der Waals surface area contributed by atoms with Crippen LogP contribution in [0, 0.1) is 18.8 Å². The lowest BCUT2D eigenvalue weighted by Crippen LogP contribution is -2.39. The Kier molecular flexibility index (Phi) is 8.62. The summed E-state index contributed by atoms with van der Waals surface area (Å²) in [4.78, 5) is 32.4. The molecule has 1 aliphatic rings. The lowest BCUT2D eigenvalue weighted by molar-refractivity contribution is -0.121. The Morgan fingerprint density at radius 2 is 1.63 bits per heavy atom. The van der Waals surface area contributed by atoms with E-state index in [-0.39, 0.29) is 24.7 Å². The van der Waals surface area contributed by atoms with E-state index in [2.05, 4.69) is 42.4 Å². The zero-order valence-corrected chi connectivity index (χ0v) is 23.3. The van der Waals surface area contributed by atoms with Gasteiger partial charge in [0.1, 0.15) is 17.3 Å². The van der Waals surface area contributed by atoms with E-state index in [4.69, 9.17) is 26.1 Å². The maximum absolute atomic E-state index is 12.6. The van der Waals surface area contributed by atoms with Gasteiger partial charge in [-0.2, -0.15) is 0 Å². The van der Waals surface area contributed by atoms with Crippen molar-refractivity contribution in [3.63, 3.8) is 0 Å². The number of hydrogen-bond acceptors (Lipinski definition) is 6. The minimum absolute atomic E-state index is 0.00282. The van der Waals surface area contributed by atoms with Crippen LogP contribution in [-0.2, 0) is 9.59 Å². The molecule has 2 N–H and O–H groups in total. The Morgan fingerprint density at radius 1 is 0.974 bits per heavy atom. The van der Waals surface area contributed by atoms with Gasteiger partial charge in [0, 0.05) is 43.1 Å². The first-order valence-corrected chi connectivity index (χ1v) is 13.2. The molecule has 0 spiro atoms. The second kappa shape index (κ2) is 11.9. The fourth-order valence-electron chi connectivity index (χ4n) is 5.09. The van der Waals surface area contributed by atoms with Gasteiger partial charge in [-0.1, -0.05) is 25.4 Å². The number of hydrogen-bond donors (Lipinski definition) is 2. The molecule has 8 nitrogen and oxygen atoms in total. The number of rotatable bonds is 8. The van der Waals surface area contributed by atoms with Gasteiger partial charge in [-0.25, -0.2) is 4.98 Å². The quantitative estimate of drug-likeness (QED) is 0.362. The molecule has 9 heteroatoms. The number of piperidine rings is 1. The highest BCUT2D eigenvalue weighted by molar-refractivity contribution is 6.32. The summed E-state index contributed by atoms with van der Waals surface area (Å²) in [5.41, 5.74) is 3.09. The van der Waals surface area contributed by atoms with Gasteiger partial charge >= 0.3 is 0 Å². The van der Waals surface area contributed by atoms with Gasteiger partial charge in [-0.3, -0.25) is 9.59 Å². The highest BCUT2D eigenvalue weighted by Crippen LogP contribution is 2.36. The van der Waals surface area contributed by atoms with Gasteiger partial charge in [0.05, 0.1) is 30.4 Å². The van der Waals surface area contributed by atoms with Crippen LogP contribution in [0.4, 0.5) is 17.2 Å². The molecule has 38 heavy (non-hydrogen) atoms. The molecule has 2 heterocycles. The number of carbonyl (C=O) groups is 2. The van der Waals surface area contributed by atoms with Gasteiger partial charge < -0.3 is 25.0 Å². The molecule has 3 aromatic rings. The second-order valence-electron chi connectivity index (χ2n) is 10.2. The van der Waals surface area contributed by atoms with E-state index in [1.54, 1.807) is 12.1 Å². The summed E-state index contributed by atoms with van der Waals surface area (Å²) in [5, 5.41) is 6.98. The number of aromatic nitrogens is 1. The van der Waals surface area contributed by atoms with E-state index in [1.807, 2.05) is 18.2 Å². The zero-order chi connectivity index (χ0) is 27.4. The summed E-state index contributed by atoms with van der Waals surface area (Å²) < 4.78 is 10.5. The molecular formula is C29H35ClN4O4. The first kappa shape index (κ1) is 27.5. The monoisotopic (exact) mass is 538 g/mol. The fraction of sp³-hybridized carbons (Fsp3) is 0.414. The molecule has 1 saturated heterocycles. The normalized spacial score (nSPS) is 17.3. The number of ether oxygens (including phenoxy) is 2. The van der Waals surface area contributed by atoms with Crippen LogP contribution < -0.4 is 25.0 Å². The van der Waals surface area contributed by atoms with Crippen molar-refractivity contribution in [2.45, 2.75) is 40.0 Å². The van der Waals surface area contributed by atoms with Crippen molar-refractivity contribution in [1.82, 2.24) is 4.98 Å². The molecule has 1 aliphatic heterocycles. The number of carbonyl (C=O) groups excluding carboxylic acids is 2. The standard InChI is InChI=1S/C29H35ClN4O4/c1-17-10-18(2)16-34(15-17)27-11-19(3)21-12-20(6-7-23(21)32-27)31-28(35)8-9-29(36)33-24-13-22(30)25(37-4)14-26(24)38-5/h6-7,11-14,17-18H,8-10,15-16H2,1-5H3,(H,31,35)(H,33,36). The fourth-order valence-corrected chi connectivity index (χ4v) is 5.33. The van der Waals surface area contributed by atoms with Crippen molar-refractivity contribution in [3.05, 3.63) is 47.0 Å². The minimum Gasteiger partial charge on any atom is -0.495 e. The molecule has 4 rings (SSSR count). The molecule has 2 amide bonds. The van der Waals surface area contributed by atoms with Crippen LogP contribution in [0.1, 0.15) is 38.7 Å². The maximum atomic E-state index is 12.6. The van der Waals surface area contributed by atoms with Gasteiger partial charge in [0.2, 0.25) is 11.8 Å². The first-order valence-electron chi connectivity index (χ1n) is 12.8. The first-order chi connectivity index (χ1) is 18.2. The van der Waals surface area contributed by atoms with Crippen molar-refractivity contribution in [2.24, 2.45) is 11.8 Å². The molecule has 0 bridgehead atoms. The number of benzene rings is 2. The van der Waals surface area contributed by atoms with Crippen LogP contribution in [0.3, 0.4) is 0 Å². The average molecular weight is 539 g/mol. The van der Waals surface area contributed by atoms with Gasteiger partial charge in [-0.15, -0.1) is 0 Å². The van der Waals surface area contributed by atoms with Crippen LogP contribution in [0.5, 0.6) is 11.5 Å². The number of halogens is 1. The van der Waals surface area contributed by atoms with Crippen molar-refractivity contribution >= 4 is 51.5 Å². The van der Waals surface area contributed by atoms with E-state index in [9.17, 15) is 9.59 Å². The minimum atomic E-state index is -0.327. The Bertz CT molecular complexity index is 1340. The molecule has 2 atom stereocenters. The highest BCUT2D eigenvalue weighted by Gasteiger charge is 2.23. The summed E-state index contributed by atoms with van der Waals surface area (Å²) in [6.07, 6.45) is 1.28. The SMILES string of the molecule is COc1cc(OC)c(NC(=O)CCC(=O)Nc2ccc3nc(N4CC(C)CC(C)C4)cc(C)c3c2)cc1Cl. The van der Waals surface area contributed by atoms with E-state index >= 15 is 0 Å². The molecule has 202 valence electrons. The summed E-state index contributed by atoms with van der Waals surface area (Å²) in [6, 6.07) is 11.0. The van der Waals surface area contributed by atoms with Gasteiger partial charge in [0.25, 0.3) is 0 Å². The molecule has 0 aliphatic carbocycles. The molecule has 1 aromatic heterocycles. The van der Waals surface area contributed by atoms with Gasteiger partial charge in [-0.05, 0) is 61.1 Å². The van der Waals surface area contributed by atoms with Gasteiger partial charge in [0.15, 0.2) is 0 Å². The van der Waals surface area contributed by atoms with E-state index in [0.717, 1.165) is 35.4 Å². The summed E-state index contributed by atoms with van der Waals surface area (Å²) in [7, 11) is 2.99. The van der Waals surface area contributed by atoms with Crippen LogP contribution in [0.15, 0.2) is 36.4 Å². The number of amides is 2. The molecule has 1 fully saturated rings. The number of anilines is 3. The molecule has 0 saturated carbocycles. The highest BCUT2D eigenvalue weighted by atomic mass is 35.5. The largest absolute Gasteiger partial charge is 0.495 e. The smallest absolute Gasteiger partial charge is 0.224 e. The molecule has 2 unspecified atom stereocenters.